The average molecular weight is 519 g/mol. The summed E-state index contributed by atoms with van der Waals surface area (Å²) in [5, 5.41) is 12.9. The minimum absolute atomic E-state index is 0.176. The van der Waals surface area contributed by atoms with Gasteiger partial charge >= 0.3 is 6.09 Å². The second-order valence-corrected chi connectivity index (χ2v) is 11.0. The Morgan fingerprint density at radius 3 is 2.50 bits per heavy atom. The first-order chi connectivity index (χ1) is 18.0. The van der Waals surface area contributed by atoms with Gasteiger partial charge in [0.2, 0.25) is 5.91 Å². The topological polar surface area (TPSA) is 108 Å². The highest BCUT2D eigenvalue weighted by Gasteiger charge is 2.36. The monoisotopic (exact) mass is 518 g/mol. The number of aromatic amines is 1. The quantitative estimate of drug-likeness (QED) is 0.394. The summed E-state index contributed by atoms with van der Waals surface area (Å²) in [7, 11) is 0. The number of benzene rings is 2. The largest absolute Gasteiger partial charge is 0.508 e. The van der Waals surface area contributed by atoms with Crippen LogP contribution in [0, 0.1) is 13.8 Å². The maximum Gasteiger partial charge on any atom is 0.408 e. The smallest absolute Gasteiger partial charge is 0.408 e. The van der Waals surface area contributed by atoms with Crippen LogP contribution in [0.2, 0.25) is 0 Å². The molecule has 1 aliphatic heterocycles. The van der Waals surface area contributed by atoms with Crippen molar-refractivity contribution in [2.75, 3.05) is 6.54 Å². The Morgan fingerprint density at radius 1 is 1.16 bits per heavy atom. The second kappa shape index (κ2) is 11.3. The molecule has 3 aromatic rings. The Balaban J connectivity index is 1.63. The Morgan fingerprint density at radius 2 is 1.84 bits per heavy atom. The van der Waals surface area contributed by atoms with E-state index in [1.807, 2.05) is 55.3 Å². The van der Waals surface area contributed by atoms with Crippen LogP contribution in [-0.4, -0.2) is 50.2 Å². The van der Waals surface area contributed by atoms with Gasteiger partial charge in [0.25, 0.3) is 0 Å². The highest BCUT2D eigenvalue weighted by Crippen LogP contribution is 2.32. The number of alkyl carbamates (subject to hydrolysis) is 1. The molecule has 0 spiro atoms. The van der Waals surface area contributed by atoms with E-state index in [-0.39, 0.29) is 24.1 Å². The number of H-pyrrole nitrogens is 1. The van der Waals surface area contributed by atoms with E-state index in [1.165, 1.54) is 0 Å². The number of nitrogens with one attached hydrogen (secondary N) is 2. The van der Waals surface area contributed by atoms with E-state index in [9.17, 15) is 14.7 Å². The summed E-state index contributed by atoms with van der Waals surface area (Å²) in [6.07, 6.45) is 4.17. The van der Waals surface area contributed by atoms with Gasteiger partial charge in [-0.1, -0.05) is 30.3 Å². The highest BCUT2D eigenvalue weighted by atomic mass is 16.6. The Labute approximate surface area is 224 Å². The van der Waals surface area contributed by atoms with Crippen LogP contribution in [0.5, 0.6) is 5.75 Å². The number of phenols is 1. The fraction of sp³-hybridized carbons (Fsp3) is 0.433. The van der Waals surface area contributed by atoms with Gasteiger partial charge in [-0.05, 0) is 82.7 Å². The number of aromatic hydroxyl groups is 1. The molecule has 1 aromatic heterocycles. The third-order valence-corrected chi connectivity index (χ3v) is 6.85. The lowest BCUT2D eigenvalue weighted by atomic mass is 9.94. The Kier molecular flexibility index (Phi) is 8.09. The summed E-state index contributed by atoms with van der Waals surface area (Å²) in [6.45, 7) is 9.74. The van der Waals surface area contributed by atoms with Crippen molar-refractivity contribution in [1.82, 2.24) is 20.2 Å². The molecule has 1 saturated heterocycles. The molecule has 0 aliphatic carbocycles. The second-order valence-electron chi connectivity index (χ2n) is 11.0. The zero-order chi connectivity index (χ0) is 27.4. The van der Waals surface area contributed by atoms with Crippen molar-refractivity contribution in [1.29, 1.82) is 0 Å². The van der Waals surface area contributed by atoms with Crippen LogP contribution in [0.1, 0.15) is 68.6 Å². The van der Waals surface area contributed by atoms with Gasteiger partial charge in [-0.15, -0.1) is 0 Å². The minimum Gasteiger partial charge on any atom is -0.508 e. The first-order valence-electron chi connectivity index (χ1n) is 13.2. The molecule has 8 heteroatoms. The molecule has 2 aromatic carbocycles. The van der Waals surface area contributed by atoms with Crippen molar-refractivity contribution in [3.05, 3.63) is 71.2 Å². The maximum atomic E-state index is 14.1. The van der Waals surface area contributed by atoms with E-state index >= 15 is 0 Å². The molecule has 1 aliphatic rings. The molecule has 2 atom stereocenters. The zero-order valence-electron chi connectivity index (χ0n) is 22.9. The molecule has 8 nitrogen and oxygen atoms in total. The molecule has 4 rings (SSSR count). The number of piperidine rings is 1. The third kappa shape index (κ3) is 6.54. The molecule has 0 radical (unpaired) electrons. The number of carbonyl (C=O) groups is 2. The Hall–Kier alpha value is -3.81. The predicted octanol–water partition coefficient (Wildman–Crippen LogP) is 5.59. The van der Waals surface area contributed by atoms with Crippen LogP contribution in [0.25, 0.3) is 11.3 Å². The van der Waals surface area contributed by atoms with Crippen LogP contribution in [0.3, 0.4) is 0 Å². The average Bonchev–Trinajstić information content (AvgIpc) is 3.35. The molecular weight excluding hydrogens is 480 g/mol. The molecule has 38 heavy (non-hydrogen) atoms. The van der Waals surface area contributed by atoms with Gasteiger partial charge < -0.3 is 25.0 Å². The number of aromatic nitrogens is 2. The number of rotatable bonds is 6. The molecule has 2 amide bonds. The number of hydrogen-bond donors (Lipinski definition) is 3. The fourth-order valence-corrected chi connectivity index (χ4v) is 5.09. The number of phenolic OH excluding ortho intramolecular Hbond substituents is 1. The normalized spacial score (nSPS) is 16.7. The van der Waals surface area contributed by atoms with Gasteiger partial charge in [0, 0.05) is 24.7 Å². The first-order valence-corrected chi connectivity index (χ1v) is 13.2. The van der Waals surface area contributed by atoms with Gasteiger partial charge in [-0.2, -0.15) is 0 Å². The first kappa shape index (κ1) is 27.2. The minimum atomic E-state index is -0.837. The van der Waals surface area contributed by atoms with Crippen molar-refractivity contribution in [3.8, 4) is 17.0 Å². The van der Waals surface area contributed by atoms with Crippen LogP contribution in [0.15, 0.2) is 48.7 Å². The lowest BCUT2D eigenvalue weighted by molar-refractivity contribution is -0.137. The molecule has 202 valence electrons. The van der Waals surface area contributed by atoms with Gasteiger partial charge in [-0.3, -0.25) is 4.79 Å². The zero-order valence-corrected chi connectivity index (χ0v) is 22.9. The van der Waals surface area contributed by atoms with Gasteiger partial charge in [0.15, 0.2) is 0 Å². The van der Waals surface area contributed by atoms with Crippen molar-refractivity contribution < 1.29 is 19.4 Å². The lowest BCUT2D eigenvalue weighted by Gasteiger charge is -2.37. The van der Waals surface area contributed by atoms with Crippen molar-refractivity contribution in [2.24, 2.45) is 0 Å². The maximum absolute atomic E-state index is 14.1. The lowest BCUT2D eigenvalue weighted by Crippen LogP contribution is -2.52. The number of likely N-dealkylation sites (tertiary alicyclic amines) is 1. The fourth-order valence-electron chi connectivity index (χ4n) is 5.09. The van der Waals surface area contributed by atoms with Crippen molar-refractivity contribution >= 4 is 12.0 Å². The molecule has 1 fully saturated rings. The summed E-state index contributed by atoms with van der Waals surface area (Å²) >= 11 is 0. The summed E-state index contributed by atoms with van der Waals surface area (Å²) in [6, 6.07) is 12.2. The van der Waals surface area contributed by atoms with E-state index in [1.54, 1.807) is 32.9 Å². The van der Waals surface area contributed by atoms with Crippen LogP contribution in [0.4, 0.5) is 4.79 Å². The summed E-state index contributed by atoms with van der Waals surface area (Å²) < 4.78 is 5.51. The number of carbonyl (C=O) groups excluding carboxylic acids is 2. The SMILES string of the molecule is Cc1cc(O)cc(C)c1C[C@@H](NC(=O)OC(C)(C)C)C(=O)N1CCCC[C@H]1c1nc(-c2ccccc2)c[nH]1. The van der Waals surface area contributed by atoms with Crippen LogP contribution >= 0.6 is 0 Å². The van der Waals surface area contributed by atoms with E-state index in [0.29, 0.717) is 6.54 Å². The molecule has 0 saturated carbocycles. The number of nitrogens with zero attached hydrogens (tertiary/aromatic N) is 2. The Bertz CT molecular complexity index is 1260. The van der Waals surface area contributed by atoms with E-state index in [4.69, 9.17) is 9.72 Å². The van der Waals surface area contributed by atoms with Crippen LogP contribution < -0.4 is 5.32 Å². The third-order valence-electron chi connectivity index (χ3n) is 6.85. The van der Waals surface area contributed by atoms with Gasteiger partial charge in [0.05, 0.1) is 11.7 Å². The van der Waals surface area contributed by atoms with E-state index in [2.05, 4.69) is 10.3 Å². The van der Waals surface area contributed by atoms with Crippen molar-refractivity contribution in [2.45, 2.75) is 78.0 Å². The number of imidazole rings is 1. The molecule has 0 bridgehead atoms. The van der Waals surface area contributed by atoms with Crippen LogP contribution in [-0.2, 0) is 16.0 Å². The van der Waals surface area contributed by atoms with Gasteiger partial charge in [0.1, 0.15) is 23.2 Å². The highest BCUT2D eigenvalue weighted by molar-refractivity contribution is 5.86. The predicted molar refractivity (Wildman–Crippen MR) is 147 cm³/mol. The molecule has 2 heterocycles. The standard InChI is InChI=1S/C30H38N4O4/c1-19-15-22(35)16-20(2)23(19)17-24(33-29(37)38-30(3,4)5)28(36)34-14-10-9-13-26(34)27-31-18-25(32-27)21-11-7-6-8-12-21/h6-8,11-12,15-16,18,24,26,35H,9-10,13-14,17H2,1-5H3,(H,31,32)(H,33,37)/t24-,26+/m1/s1. The van der Waals surface area contributed by atoms with E-state index < -0.39 is 17.7 Å². The van der Waals surface area contributed by atoms with Crippen molar-refractivity contribution in [3.63, 3.8) is 0 Å². The number of amides is 2. The number of aryl methyl sites for hydroxylation is 2. The summed E-state index contributed by atoms with van der Waals surface area (Å²) in [5.74, 6) is 0.741. The molecule has 0 unspecified atom stereocenters. The molecular formula is C30H38N4O4. The molecule has 3 N–H and O–H groups in total. The number of hydrogen-bond acceptors (Lipinski definition) is 5. The summed E-state index contributed by atoms with van der Waals surface area (Å²) in [5.41, 5.74) is 3.77. The van der Waals surface area contributed by atoms with E-state index in [0.717, 1.165) is 53.0 Å². The number of ether oxygens (including phenoxy) is 1. The summed E-state index contributed by atoms with van der Waals surface area (Å²) in [4.78, 5) is 36.9. The van der Waals surface area contributed by atoms with Gasteiger partial charge in [-0.25, -0.2) is 9.78 Å².